The monoisotopic (exact) mass is 256 g/mol. The molecule has 0 saturated carbocycles. The van der Waals surface area contributed by atoms with Gasteiger partial charge >= 0.3 is 5.69 Å². The minimum atomic E-state index is -0.785. The lowest BCUT2D eigenvalue weighted by Crippen LogP contribution is -2.24. The van der Waals surface area contributed by atoms with Gasteiger partial charge in [-0.2, -0.15) is 5.10 Å². The zero-order valence-electron chi connectivity index (χ0n) is 8.32. The summed E-state index contributed by atoms with van der Waals surface area (Å²) in [5.41, 5.74) is 6.81. The van der Waals surface area contributed by atoms with Crippen LogP contribution in [0.4, 0.5) is 5.69 Å². The molecule has 0 unspecified atom stereocenters. The first-order valence-electron chi connectivity index (χ1n) is 4.20. The van der Waals surface area contributed by atoms with Crippen LogP contribution in [0.1, 0.15) is 5.56 Å². The van der Waals surface area contributed by atoms with Crippen molar-refractivity contribution in [1.82, 2.24) is 5.43 Å². The van der Waals surface area contributed by atoms with E-state index in [-0.39, 0.29) is 16.4 Å². The molecule has 0 radical (unpaired) electrons. The molecule has 9 heteroatoms. The number of hydrogen-bond donors (Lipinski definition) is 4. The first-order valence-corrected chi connectivity index (χ1v) is 4.61. The lowest BCUT2D eigenvalue weighted by atomic mass is 10.2. The SMILES string of the molecule is NC(=S)NN=Cc1cc([N+](=O)[O-])c(O)cc1O. The van der Waals surface area contributed by atoms with Crippen LogP contribution in [0, 0.1) is 10.1 Å². The second-order valence-corrected chi connectivity index (χ2v) is 3.33. The molecule has 1 aromatic rings. The third-order valence-electron chi connectivity index (χ3n) is 1.70. The standard InChI is InChI=1S/C8H8N4O4S/c9-8(17)11-10-3-4-1-5(12(15)16)7(14)2-6(4)13/h1-3,13-14H,(H3,9,11,17). The predicted octanol–water partition coefficient (Wildman–Crippen LogP) is 0.173. The van der Waals surface area contributed by atoms with Crippen LogP contribution in [0.25, 0.3) is 0 Å². The molecule has 0 aliphatic carbocycles. The van der Waals surface area contributed by atoms with E-state index in [1.165, 1.54) is 0 Å². The molecule has 0 heterocycles. The maximum atomic E-state index is 10.5. The van der Waals surface area contributed by atoms with E-state index in [0.29, 0.717) is 0 Å². The Morgan fingerprint density at radius 3 is 2.71 bits per heavy atom. The molecule has 1 aromatic carbocycles. The Hall–Kier alpha value is -2.42. The van der Waals surface area contributed by atoms with Crippen molar-refractivity contribution in [2.24, 2.45) is 10.8 Å². The van der Waals surface area contributed by atoms with Crippen molar-refractivity contribution >= 4 is 29.2 Å². The van der Waals surface area contributed by atoms with E-state index in [2.05, 4.69) is 22.7 Å². The van der Waals surface area contributed by atoms with Gasteiger partial charge in [0, 0.05) is 17.7 Å². The van der Waals surface area contributed by atoms with Crippen molar-refractivity contribution < 1.29 is 15.1 Å². The fraction of sp³-hybridized carbons (Fsp3) is 0. The third kappa shape index (κ3) is 3.28. The minimum absolute atomic E-state index is 0.0400. The molecule has 0 spiro atoms. The van der Waals surface area contributed by atoms with Crippen LogP contribution in [0.5, 0.6) is 11.5 Å². The lowest BCUT2D eigenvalue weighted by molar-refractivity contribution is -0.385. The highest BCUT2D eigenvalue weighted by molar-refractivity contribution is 7.80. The average Bonchev–Trinajstić information content (AvgIpc) is 2.20. The molecule has 0 amide bonds. The third-order valence-corrected chi connectivity index (χ3v) is 1.79. The van der Waals surface area contributed by atoms with Crippen LogP contribution >= 0.6 is 12.2 Å². The van der Waals surface area contributed by atoms with E-state index in [9.17, 15) is 20.3 Å². The number of aromatic hydroxyl groups is 2. The predicted molar refractivity (Wildman–Crippen MR) is 63.9 cm³/mol. The number of nitrogens with zero attached hydrogens (tertiary/aromatic N) is 2. The molecule has 0 aliphatic heterocycles. The van der Waals surface area contributed by atoms with Gasteiger partial charge in [-0.15, -0.1) is 0 Å². The number of thiocarbonyl (C=S) groups is 1. The summed E-state index contributed by atoms with van der Waals surface area (Å²) in [6.07, 6.45) is 1.08. The molecule has 1 rings (SSSR count). The molecule has 5 N–H and O–H groups in total. The topological polar surface area (TPSA) is 134 Å². The van der Waals surface area contributed by atoms with Gasteiger partial charge in [-0.3, -0.25) is 15.5 Å². The largest absolute Gasteiger partial charge is 0.507 e. The van der Waals surface area contributed by atoms with E-state index in [1.807, 2.05) is 0 Å². The van der Waals surface area contributed by atoms with Gasteiger partial charge in [0.25, 0.3) is 0 Å². The fourth-order valence-electron chi connectivity index (χ4n) is 0.997. The van der Waals surface area contributed by atoms with Gasteiger partial charge in [-0.05, 0) is 12.2 Å². The molecule has 90 valence electrons. The first-order chi connectivity index (χ1) is 7.91. The van der Waals surface area contributed by atoms with E-state index >= 15 is 0 Å². The highest BCUT2D eigenvalue weighted by Crippen LogP contribution is 2.31. The van der Waals surface area contributed by atoms with Crippen molar-refractivity contribution in [3.63, 3.8) is 0 Å². The Bertz CT molecular complexity index is 503. The number of benzene rings is 1. The quantitative estimate of drug-likeness (QED) is 0.262. The number of hydrazone groups is 1. The van der Waals surface area contributed by atoms with Crippen LogP contribution in [0.3, 0.4) is 0 Å². The number of nitrogens with two attached hydrogens (primary N) is 1. The van der Waals surface area contributed by atoms with E-state index in [1.54, 1.807) is 0 Å². The van der Waals surface area contributed by atoms with E-state index in [4.69, 9.17) is 5.73 Å². The average molecular weight is 256 g/mol. The lowest BCUT2D eigenvalue weighted by Gasteiger charge is -2.01. The highest BCUT2D eigenvalue weighted by atomic mass is 32.1. The number of phenols is 2. The van der Waals surface area contributed by atoms with Crippen LogP contribution < -0.4 is 11.2 Å². The van der Waals surface area contributed by atoms with Gasteiger partial charge in [0.1, 0.15) is 5.75 Å². The molecule has 0 aliphatic rings. The van der Waals surface area contributed by atoms with Gasteiger partial charge in [0.05, 0.1) is 11.1 Å². The summed E-state index contributed by atoms with van der Waals surface area (Å²) >= 11 is 4.47. The molecule has 0 aromatic heterocycles. The Balaban J connectivity index is 3.07. The summed E-state index contributed by atoms with van der Waals surface area (Å²) in [4.78, 5) is 9.75. The summed E-state index contributed by atoms with van der Waals surface area (Å²) in [5.74, 6) is -0.992. The molecular formula is C8H8N4O4S. The van der Waals surface area contributed by atoms with Crippen molar-refractivity contribution in [3.05, 3.63) is 27.8 Å². The minimum Gasteiger partial charge on any atom is -0.507 e. The maximum Gasteiger partial charge on any atom is 0.311 e. The number of nitro groups is 1. The van der Waals surface area contributed by atoms with E-state index in [0.717, 1.165) is 18.3 Å². The Morgan fingerprint density at radius 2 is 2.18 bits per heavy atom. The molecule has 0 saturated heterocycles. The Labute approximate surface area is 101 Å². The van der Waals surface area contributed by atoms with Gasteiger partial charge in [0.2, 0.25) is 0 Å². The number of nitro benzene ring substituents is 1. The summed E-state index contributed by atoms with van der Waals surface area (Å²) in [6.45, 7) is 0. The molecule has 17 heavy (non-hydrogen) atoms. The number of nitrogens with one attached hydrogen (secondary N) is 1. The zero-order chi connectivity index (χ0) is 13.0. The molecule has 0 bridgehead atoms. The first kappa shape index (κ1) is 12.6. The molecule has 0 fully saturated rings. The van der Waals surface area contributed by atoms with Gasteiger partial charge < -0.3 is 15.9 Å². The van der Waals surface area contributed by atoms with Crippen molar-refractivity contribution in [1.29, 1.82) is 0 Å². The number of phenolic OH excluding ortho intramolecular Hbond substituents is 2. The fourth-order valence-corrected chi connectivity index (χ4v) is 1.05. The number of rotatable bonds is 3. The van der Waals surface area contributed by atoms with Gasteiger partial charge in [-0.1, -0.05) is 0 Å². The molecule has 8 nitrogen and oxygen atoms in total. The summed E-state index contributed by atoms with van der Waals surface area (Å²) < 4.78 is 0. The number of hydrogen-bond acceptors (Lipinski definition) is 6. The Morgan fingerprint density at radius 1 is 1.53 bits per heavy atom. The Kier molecular flexibility index (Phi) is 3.78. The van der Waals surface area contributed by atoms with Crippen molar-refractivity contribution in [2.45, 2.75) is 0 Å². The van der Waals surface area contributed by atoms with Gasteiger partial charge in [-0.25, -0.2) is 0 Å². The van der Waals surface area contributed by atoms with Crippen molar-refractivity contribution in [3.8, 4) is 11.5 Å². The highest BCUT2D eigenvalue weighted by Gasteiger charge is 2.16. The summed E-state index contributed by atoms with van der Waals surface area (Å²) in [7, 11) is 0. The molecular weight excluding hydrogens is 248 g/mol. The van der Waals surface area contributed by atoms with E-state index < -0.39 is 16.4 Å². The summed E-state index contributed by atoms with van der Waals surface area (Å²) in [6, 6.07) is 1.82. The van der Waals surface area contributed by atoms with Crippen LogP contribution in [0.2, 0.25) is 0 Å². The second kappa shape index (κ2) is 5.07. The second-order valence-electron chi connectivity index (χ2n) is 2.89. The molecule has 0 atom stereocenters. The van der Waals surface area contributed by atoms with Crippen LogP contribution in [0.15, 0.2) is 17.2 Å². The van der Waals surface area contributed by atoms with Crippen LogP contribution in [-0.4, -0.2) is 26.5 Å². The smallest absolute Gasteiger partial charge is 0.311 e. The zero-order valence-corrected chi connectivity index (χ0v) is 9.14. The van der Waals surface area contributed by atoms with Gasteiger partial charge in [0.15, 0.2) is 10.9 Å². The van der Waals surface area contributed by atoms with Crippen molar-refractivity contribution in [2.75, 3.05) is 0 Å². The normalized spacial score (nSPS) is 10.4. The summed E-state index contributed by atoms with van der Waals surface area (Å²) in [5, 5.41) is 32.6. The maximum absolute atomic E-state index is 10.5. The van der Waals surface area contributed by atoms with Crippen LogP contribution in [-0.2, 0) is 0 Å².